The highest BCUT2D eigenvalue weighted by molar-refractivity contribution is 5.33. The van der Waals surface area contributed by atoms with Crippen molar-refractivity contribution in [2.24, 2.45) is 0 Å². The van der Waals surface area contributed by atoms with Crippen molar-refractivity contribution in [3.8, 4) is 6.07 Å². The molecule has 1 atom stereocenters. The lowest BCUT2D eigenvalue weighted by molar-refractivity contribution is 0.136. The molecule has 0 radical (unpaired) electrons. The monoisotopic (exact) mass is 187 g/mol. The second-order valence-electron chi connectivity index (χ2n) is 3.90. The van der Waals surface area contributed by atoms with E-state index in [1.807, 2.05) is 36.4 Å². The molecule has 2 rings (SSSR count). The molecule has 1 saturated carbocycles. The highest BCUT2D eigenvalue weighted by Gasteiger charge is 2.49. The number of rotatable bonds is 3. The molecule has 0 heterocycles. The molecule has 72 valence electrons. The van der Waals surface area contributed by atoms with Crippen LogP contribution in [-0.4, -0.2) is 11.2 Å². The molecule has 1 aromatic rings. The minimum absolute atomic E-state index is 0.114. The van der Waals surface area contributed by atoms with Gasteiger partial charge in [0.25, 0.3) is 0 Å². The van der Waals surface area contributed by atoms with Crippen molar-refractivity contribution >= 4 is 0 Å². The molecule has 0 spiro atoms. The van der Waals surface area contributed by atoms with Gasteiger partial charge in [-0.3, -0.25) is 0 Å². The number of aliphatic hydroxyl groups excluding tert-OH is 1. The maximum atomic E-state index is 9.87. The average molecular weight is 187 g/mol. The van der Waals surface area contributed by atoms with E-state index in [1.54, 1.807) is 0 Å². The fourth-order valence-corrected chi connectivity index (χ4v) is 2.00. The lowest BCUT2D eigenvalue weighted by Crippen LogP contribution is -2.25. The molecule has 1 unspecified atom stereocenters. The molecule has 2 nitrogen and oxygen atoms in total. The Morgan fingerprint density at radius 3 is 2.50 bits per heavy atom. The third kappa shape index (κ3) is 1.40. The summed E-state index contributed by atoms with van der Waals surface area (Å²) in [7, 11) is 0. The van der Waals surface area contributed by atoms with E-state index < -0.39 is 6.10 Å². The first kappa shape index (κ1) is 9.23. The SMILES string of the molecule is N#CCC(O)C1(c2ccccc2)CC1. The van der Waals surface area contributed by atoms with Crippen LogP contribution in [-0.2, 0) is 5.41 Å². The summed E-state index contributed by atoms with van der Waals surface area (Å²) < 4.78 is 0. The van der Waals surface area contributed by atoms with Gasteiger partial charge < -0.3 is 5.11 Å². The van der Waals surface area contributed by atoms with Crippen LogP contribution in [0.25, 0.3) is 0 Å². The van der Waals surface area contributed by atoms with Crippen molar-refractivity contribution in [3.63, 3.8) is 0 Å². The van der Waals surface area contributed by atoms with Gasteiger partial charge in [0.1, 0.15) is 0 Å². The number of hydrogen-bond acceptors (Lipinski definition) is 2. The van der Waals surface area contributed by atoms with Gasteiger partial charge in [-0.1, -0.05) is 30.3 Å². The van der Waals surface area contributed by atoms with Crippen LogP contribution in [0.2, 0.25) is 0 Å². The normalized spacial score (nSPS) is 19.7. The molecular weight excluding hydrogens is 174 g/mol. The van der Waals surface area contributed by atoms with E-state index in [1.165, 1.54) is 5.56 Å². The zero-order chi connectivity index (χ0) is 10.0. The van der Waals surface area contributed by atoms with Gasteiger partial charge in [0.2, 0.25) is 0 Å². The Labute approximate surface area is 83.8 Å². The lowest BCUT2D eigenvalue weighted by atomic mass is 9.88. The fourth-order valence-electron chi connectivity index (χ4n) is 2.00. The molecule has 2 heteroatoms. The predicted molar refractivity (Wildman–Crippen MR) is 53.6 cm³/mol. The van der Waals surface area contributed by atoms with Gasteiger partial charge in [-0.2, -0.15) is 5.26 Å². The Hall–Kier alpha value is -1.33. The molecule has 14 heavy (non-hydrogen) atoms. The Morgan fingerprint density at radius 2 is 2.00 bits per heavy atom. The van der Waals surface area contributed by atoms with E-state index >= 15 is 0 Å². The van der Waals surface area contributed by atoms with Crippen LogP contribution in [0.5, 0.6) is 0 Å². The van der Waals surface area contributed by atoms with Gasteiger partial charge in [0.05, 0.1) is 18.6 Å². The van der Waals surface area contributed by atoms with Crippen molar-refractivity contribution in [2.75, 3.05) is 0 Å². The van der Waals surface area contributed by atoms with Crippen LogP contribution in [0, 0.1) is 11.3 Å². The third-order valence-electron chi connectivity index (χ3n) is 3.06. The maximum Gasteiger partial charge on any atom is 0.0766 e. The molecule has 1 aliphatic rings. The highest BCUT2D eigenvalue weighted by Crippen LogP contribution is 2.51. The van der Waals surface area contributed by atoms with Crippen LogP contribution < -0.4 is 0 Å². The first-order chi connectivity index (χ1) is 6.79. The average Bonchev–Trinajstić information content (AvgIpc) is 3.00. The molecule has 0 amide bonds. The van der Waals surface area contributed by atoms with Gasteiger partial charge in [-0.05, 0) is 18.4 Å². The standard InChI is InChI=1S/C12H13NO/c13-9-6-11(14)12(7-8-12)10-4-2-1-3-5-10/h1-5,11,14H,6-8H2. The van der Waals surface area contributed by atoms with E-state index in [4.69, 9.17) is 5.26 Å². The quantitative estimate of drug-likeness (QED) is 0.786. The van der Waals surface area contributed by atoms with Crippen molar-refractivity contribution in [1.29, 1.82) is 5.26 Å². The summed E-state index contributed by atoms with van der Waals surface area (Å²) in [4.78, 5) is 0. The molecular formula is C12H13NO. The summed E-state index contributed by atoms with van der Waals surface area (Å²) in [5.74, 6) is 0. The number of aliphatic hydroxyl groups is 1. The summed E-state index contributed by atoms with van der Waals surface area (Å²) in [6.45, 7) is 0. The Morgan fingerprint density at radius 1 is 1.36 bits per heavy atom. The van der Waals surface area contributed by atoms with Crippen LogP contribution in [0.3, 0.4) is 0 Å². The predicted octanol–water partition coefficient (Wildman–Crippen LogP) is 1.99. The molecule has 1 aliphatic carbocycles. The highest BCUT2D eigenvalue weighted by atomic mass is 16.3. The van der Waals surface area contributed by atoms with Gasteiger partial charge in [0, 0.05) is 5.41 Å². The number of benzene rings is 1. The van der Waals surface area contributed by atoms with Crippen molar-refractivity contribution in [3.05, 3.63) is 35.9 Å². The second kappa shape index (κ2) is 3.43. The molecule has 0 aliphatic heterocycles. The van der Waals surface area contributed by atoms with Crippen LogP contribution >= 0.6 is 0 Å². The molecule has 1 aromatic carbocycles. The first-order valence-electron chi connectivity index (χ1n) is 4.90. The summed E-state index contributed by atoms with van der Waals surface area (Å²) in [5.41, 5.74) is 1.06. The molecule has 1 fully saturated rings. The van der Waals surface area contributed by atoms with E-state index in [0.717, 1.165) is 12.8 Å². The smallest absolute Gasteiger partial charge is 0.0766 e. The molecule has 1 N–H and O–H groups in total. The fraction of sp³-hybridized carbons (Fsp3) is 0.417. The molecule has 0 aromatic heterocycles. The third-order valence-corrected chi connectivity index (χ3v) is 3.06. The maximum absolute atomic E-state index is 9.87. The minimum Gasteiger partial charge on any atom is -0.391 e. The number of nitriles is 1. The zero-order valence-electron chi connectivity index (χ0n) is 7.98. The number of hydrogen-bond donors (Lipinski definition) is 1. The van der Waals surface area contributed by atoms with Crippen molar-refractivity contribution in [2.45, 2.75) is 30.8 Å². The zero-order valence-corrected chi connectivity index (χ0v) is 7.98. The van der Waals surface area contributed by atoms with E-state index in [-0.39, 0.29) is 11.8 Å². The van der Waals surface area contributed by atoms with E-state index in [2.05, 4.69) is 0 Å². The Bertz CT molecular complexity index is 348. The van der Waals surface area contributed by atoms with E-state index in [9.17, 15) is 5.11 Å². The van der Waals surface area contributed by atoms with Gasteiger partial charge in [0.15, 0.2) is 0 Å². The van der Waals surface area contributed by atoms with Gasteiger partial charge in [-0.25, -0.2) is 0 Å². The largest absolute Gasteiger partial charge is 0.391 e. The van der Waals surface area contributed by atoms with Crippen LogP contribution in [0.1, 0.15) is 24.8 Å². The van der Waals surface area contributed by atoms with Crippen molar-refractivity contribution < 1.29 is 5.11 Å². The summed E-state index contributed by atoms with van der Waals surface area (Å²) in [5, 5.41) is 18.4. The Balaban J connectivity index is 2.22. The molecule has 0 saturated heterocycles. The Kier molecular flexibility index (Phi) is 2.26. The minimum atomic E-state index is -0.505. The lowest BCUT2D eigenvalue weighted by Gasteiger charge is -2.20. The first-order valence-corrected chi connectivity index (χ1v) is 4.90. The van der Waals surface area contributed by atoms with Gasteiger partial charge in [-0.15, -0.1) is 0 Å². The van der Waals surface area contributed by atoms with E-state index in [0.29, 0.717) is 0 Å². The summed E-state index contributed by atoms with van der Waals surface area (Å²) in [6.07, 6.45) is 1.73. The summed E-state index contributed by atoms with van der Waals surface area (Å²) >= 11 is 0. The van der Waals surface area contributed by atoms with Crippen molar-refractivity contribution in [1.82, 2.24) is 0 Å². The van der Waals surface area contributed by atoms with Crippen LogP contribution in [0.4, 0.5) is 0 Å². The summed E-state index contributed by atoms with van der Waals surface area (Å²) in [6, 6.07) is 12.0. The van der Waals surface area contributed by atoms with Crippen LogP contribution in [0.15, 0.2) is 30.3 Å². The second-order valence-corrected chi connectivity index (χ2v) is 3.90. The van der Waals surface area contributed by atoms with Gasteiger partial charge >= 0.3 is 0 Å². The number of nitrogens with zero attached hydrogens (tertiary/aromatic N) is 1. The molecule has 0 bridgehead atoms. The topological polar surface area (TPSA) is 44.0 Å².